The Hall–Kier alpha value is -0.340. The summed E-state index contributed by atoms with van der Waals surface area (Å²) in [5.41, 5.74) is 1.27. The predicted molar refractivity (Wildman–Crippen MR) is 76.4 cm³/mol. The zero-order valence-electron chi connectivity index (χ0n) is 11.8. The van der Waals surface area contributed by atoms with Gasteiger partial charge in [0, 0.05) is 6.04 Å². The molecule has 0 radical (unpaired) electrons. The van der Waals surface area contributed by atoms with Gasteiger partial charge in [-0.15, -0.1) is 6.58 Å². The fraction of sp³-hybridized carbons (Fsp3) is 0.867. The first-order valence-electron chi connectivity index (χ1n) is 7.25. The van der Waals surface area contributed by atoms with Crippen LogP contribution < -0.4 is 5.32 Å². The lowest BCUT2D eigenvalue weighted by atomic mass is 9.94. The van der Waals surface area contributed by atoms with Crippen molar-refractivity contribution >= 4 is 0 Å². The van der Waals surface area contributed by atoms with E-state index in [1.165, 1.54) is 50.6 Å². The highest BCUT2D eigenvalue weighted by atomic mass is 15.1. The first-order chi connectivity index (χ1) is 8.20. The van der Waals surface area contributed by atoms with Crippen LogP contribution in [0, 0.1) is 0 Å². The summed E-state index contributed by atoms with van der Waals surface area (Å²) < 4.78 is 0. The van der Waals surface area contributed by atoms with Crippen LogP contribution in [0.15, 0.2) is 12.2 Å². The van der Waals surface area contributed by atoms with Crippen molar-refractivity contribution in [3.05, 3.63) is 12.2 Å². The van der Waals surface area contributed by atoms with E-state index in [0.29, 0.717) is 0 Å². The van der Waals surface area contributed by atoms with Crippen molar-refractivity contribution in [2.45, 2.75) is 57.9 Å². The van der Waals surface area contributed by atoms with Gasteiger partial charge in [0.25, 0.3) is 0 Å². The van der Waals surface area contributed by atoms with Gasteiger partial charge in [0.15, 0.2) is 0 Å². The molecule has 0 spiro atoms. The van der Waals surface area contributed by atoms with Crippen LogP contribution in [0.5, 0.6) is 0 Å². The molecule has 0 aliphatic heterocycles. The van der Waals surface area contributed by atoms with Gasteiger partial charge in [0.1, 0.15) is 0 Å². The molecule has 1 fully saturated rings. The Morgan fingerprint density at radius 1 is 1.24 bits per heavy atom. The van der Waals surface area contributed by atoms with Gasteiger partial charge < -0.3 is 10.2 Å². The van der Waals surface area contributed by atoms with Crippen LogP contribution in [-0.2, 0) is 0 Å². The van der Waals surface area contributed by atoms with Gasteiger partial charge in [-0.2, -0.15) is 0 Å². The molecule has 1 saturated carbocycles. The minimum absolute atomic E-state index is 0.860. The lowest BCUT2D eigenvalue weighted by Gasteiger charge is -2.31. The quantitative estimate of drug-likeness (QED) is 0.516. The molecule has 0 aromatic rings. The second kappa shape index (κ2) is 8.71. The molecular formula is C15H30N2. The van der Waals surface area contributed by atoms with Crippen LogP contribution in [0.4, 0.5) is 0 Å². The van der Waals surface area contributed by atoms with Crippen LogP contribution in [0.1, 0.15) is 51.9 Å². The van der Waals surface area contributed by atoms with Gasteiger partial charge in [-0.25, -0.2) is 0 Å². The van der Waals surface area contributed by atoms with E-state index >= 15 is 0 Å². The third kappa shape index (κ3) is 6.85. The Balaban J connectivity index is 1.96. The highest BCUT2D eigenvalue weighted by Crippen LogP contribution is 2.21. The van der Waals surface area contributed by atoms with E-state index in [1.807, 2.05) is 0 Å². The zero-order valence-corrected chi connectivity index (χ0v) is 11.8. The maximum atomic E-state index is 3.91. The summed E-state index contributed by atoms with van der Waals surface area (Å²) in [6.07, 6.45) is 9.53. The maximum Gasteiger partial charge on any atom is 0.00922 e. The van der Waals surface area contributed by atoms with Crippen LogP contribution in [0.3, 0.4) is 0 Å². The van der Waals surface area contributed by atoms with Crippen molar-refractivity contribution in [2.24, 2.45) is 0 Å². The molecule has 0 amide bonds. The lowest BCUT2D eigenvalue weighted by molar-refractivity contribution is 0.189. The van der Waals surface area contributed by atoms with E-state index in [2.05, 4.69) is 30.8 Å². The van der Waals surface area contributed by atoms with E-state index < -0.39 is 0 Å². The summed E-state index contributed by atoms with van der Waals surface area (Å²) >= 11 is 0. The third-order valence-electron chi connectivity index (χ3n) is 3.79. The minimum Gasteiger partial charge on any atom is -0.316 e. The SMILES string of the molecule is C=C(C)CCNCCCN(C)C1CCCCC1. The van der Waals surface area contributed by atoms with Crippen molar-refractivity contribution in [1.82, 2.24) is 10.2 Å². The number of nitrogens with one attached hydrogen (secondary N) is 1. The van der Waals surface area contributed by atoms with Crippen molar-refractivity contribution in [1.29, 1.82) is 0 Å². The molecule has 0 bridgehead atoms. The number of rotatable bonds is 8. The van der Waals surface area contributed by atoms with Crippen LogP contribution >= 0.6 is 0 Å². The molecule has 100 valence electrons. The molecule has 17 heavy (non-hydrogen) atoms. The fourth-order valence-corrected chi connectivity index (χ4v) is 2.58. The molecule has 1 rings (SSSR count). The van der Waals surface area contributed by atoms with Gasteiger partial charge >= 0.3 is 0 Å². The van der Waals surface area contributed by atoms with E-state index in [-0.39, 0.29) is 0 Å². The van der Waals surface area contributed by atoms with E-state index in [9.17, 15) is 0 Å². The van der Waals surface area contributed by atoms with E-state index in [4.69, 9.17) is 0 Å². The summed E-state index contributed by atoms with van der Waals surface area (Å²) in [5.74, 6) is 0. The predicted octanol–water partition coefficient (Wildman–Crippen LogP) is 3.20. The van der Waals surface area contributed by atoms with Crippen molar-refractivity contribution in [3.63, 3.8) is 0 Å². The molecule has 2 nitrogen and oxygen atoms in total. The summed E-state index contributed by atoms with van der Waals surface area (Å²) in [6, 6.07) is 0.860. The van der Waals surface area contributed by atoms with Gasteiger partial charge in [-0.3, -0.25) is 0 Å². The molecule has 1 aliphatic carbocycles. The summed E-state index contributed by atoms with van der Waals surface area (Å²) in [4.78, 5) is 2.57. The Bertz CT molecular complexity index is 207. The summed E-state index contributed by atoms with van der Waals surface area (Å²) in [5, 5.41) is 3.49. The largest absolute Gasteiger partial charge is 0.316 e. The molecule has 1 N–H and O–H groups in total. The zero-order chi connectivity index (χ0) is 12.5. The third-order valence-corrected chi connectivity index (χ3v) is 3.79. The molecule has 0 heterocycles. The highest BCUT2D eigenvalue weighted by Gasteiger charge is 2.16. The molecule has 1 aliphatic rings. The van der Waals surface area contributed by atoms with Crippen LogP contribution in [0.2, 0.25) is 0 Å². The number of nitrogens with zero attached hydrogens (tertiary/aromatic N) is 1. The van der Waals surface area contributed by atoms with Crippen molar-refractivity contribution in [2.75, 3.05) is 26.7 Å². The van der Waals surface area contributed by atoms with Gasteiger partial charge in [-0.05, 0) is 59.3 Å². The average Bonchev–Trinajstić information content (AvgIpc) is 2.34. The van der Waals surface area contributed by atoms with E-state index in [1.54, 1.807) is 0 Å². The molecule has 0 unspecified atom stereocenters. The molecular weight excluding hydrogens is 208 g/mol. The molecule has 0 aromatic carbocycles. The number of hydrogen-bond acceptors (Lipinski definition) is 2. The van der Waals surface area contributed by atoms with Gasteiger partial charge in [0.05, 0.1) is 0 Å². The number of hydrogen-bond donors (Lipinski definition) is 1. The van der Waals surface area contributed by atoms with Crippen LogP contribution in [-0.4, -0.2) is 37.6 Å². The first-order valence-corrected chi connectivity index (χ1v) is 7.25. The molecule has 0 atom stereocenters. The highest BCUT2D eigenvalue weighted by molar-refractivity contribution is 4.88. The summed E-state index contributed by atoms with van der Waals surface area (Å²) in [7, 11) is 2.30. The first kappa shape index (κ1) is 14.7. The molecule has 2 heteroatoms. The smallest absolute Gasteiger partial charge is 0.00922 e. The monoisotopic (exact) mass is 238 g/mol. The Kier molecular flexibility index (Phi) is 7.54. The normalized spacial score (nSPS) is 17.6. The minimum atomic E-state index is 0.860. The molecule has 0 aromatic heterocycles. The maximum absolute atomic E-state index is 3.91. The average molecular weight is 238 g/mol. The Morgan fingerprint density at radius 3 is 2.59 bits per heavy atom. The van der Waals surface area contributed by atoms with Crippen molar-refractivity contribution in [3.8, 4) is 0 Å². The van der Waals surface area contributed by atoms with Gasteiger partial charge in [-0.1, -0.05) is 24.8 Å². The van der Waals surface area contributed by atoms with Crippen LogP contribution in [0.25, 0.3) is 0 Å². The summed E-state index contributed by atoms with van der Waals surface area (Å²) in [6.45, 7) is 9.48. The Morgan fingerprint density at radius 2 is 1.94 bits per heavy atom. The van der Waals surface area contributed by atoms with Gasteiger partial charge in [0.2, 0.25) is 0 Å². The van der Waals surface area contributed by atoms with Crippen molar-refractivity contribution < 1.29 is 0 Å². The molecule has 0 saturated heterocycles. The second-order valence-electron chi connectivity index (χ2n) is 5.58. The lowest BCUT2D eigenvalue weighted by Crippen LogP contribution is -2.35. The Labute approximate surface area is 107 Å². The topological polar surface area (TPSA) is 15.3 Å². The fourth-order valence-electron chi connectivity index (χ4n) is 2.58. The second-order valence-corrected chi connectivity index (χ2v) is 5.58. The standard InChI is InChI=1S/C15H30N2/c1-14(2)10-12-16-11-7-13-17(3)15-8-5-4-6-9-15/h15-16H,1,4-13H2,2-3H3. The van der Waals surface area contributed by atoms with E-state index in [0.717, 1.165) is 25.6 Å².